The first-order valence-corrected chi connectivity index (χ1v) is 5.34. The van der Waals surface area contributed by atoms with Gasteiger partial charge in [-0.25, -0.2) is 0 Å². The van der Waals surface area contributed by atoms with Gasteiger partial charge in [-0.2, -0.15) is 0 Å². The molecule has 0 aliphatic heterocycles. The molecule has 0 aromatic heterocycles. The van der Waals surface area contributed by atoms with Crippen LogP contribution in [0.1, 0.15) is 40.5 Å². The Morgan fingerprint density at radius 3 is 1.93 bits per heavy atom. The third kappa shape index (κ3) is 2.52. The van der Waals surface area contributed by atoms with Gasteiger partial charge < -0.3 is 0 Å². The third-order valence-electron chi connectivity index (χ3n) is 2.80. The number of ketones is 3. The molecule has 1 aliphatic carbocycles. The summed E-state index contributed by atoms with van der Waals surface area (Å²) in [4.78, 5) is 35.1. The molecule has 0 spiro atoms. The van der Waals surface area contributed by atoms with E-state index >= 15 is 0 Å². The lowest BCUT2D eigenvalue weighted by molar-refractivity contribution is -0.146. The lowest BCUT2D eigenvalue weighted by atomic mass is 9.69. The molecule has 0 unspecified atom stereocenters. The minimum absolute atomic E-state index is 0.199. The van der Waals surface area contributed by atoms with E-state index in [1.54, 1.807) is 13.8 Å². The van der Waals surface area contributed by atoms with Crippen LogP contribution < -0.4 is 0 Å². The summed E-state index contributed by atoms with van der Waals surface area (Å²) in [6, 6.07) is 0. The number of rotatable bonds is 2. The van der Waals surface area contributed by atoms with Gasteiger partial charge in [0.15, 0.2) is 17.3 Å². The molecule has 0 saturated heterocycles. The molecule has 84 valence electrons. The predicted octanol–water partition coefficient (Wildman–Crippen LogP) is 1.79. The maximum Gasteiger partial charge on any atom is 0.153 e. The zero-order valence-corrected chi connectivity index (χ0v) is 9.79. The van der Waals surface area contributed by atoms with Gasteiger partial charge in [-0.3, -0.25) is 14.4 Å². The van der Waals surface area contributed by atoms with Crippen molar-refractivity contribution < 1.29 is 14.4 Å². The molecule has 1 rings (SSSR count). The second-order valence-corrected chi connectivity index (χ2v) is 5.44. The fourth-order valence-electron chi connectivity index (χ4n) is 2.04. The van der Waals surface area contributed by atoms with Crippen LogP contribution in [0.25, 0.3) is 0 Å². The van der Waals surface area contributed by atoms with Crippen molar-refractivity contribution in [1.29, 1.82) is 0 Å². The maximum absolute atomic E-state index is 11.7. The molecular weight excluding hydrogens is 192 g/mol. The molecule has 0 radical (unpaired) electrons. The van der Waals surface area contributed by atoms with Crippen molar-refractivity contribution in [2.24, 2.45) is 17.3 Å². The molecule has 0 bridgehead atoms. The number of carbonyl (C=O) groups is 3. The summed E-state index contributed by atoms with van der Waals surface area (Å²) in [5.74, 6) is -1.84. The first kappa shape index (κ1) is 12.1. The van der Waals surface area contributed by atoms with Gasteiger partial charge in [0, 0.05) is 18.8 Å². The topological polar surface area (TPSA) is 51.2 Å². The molecule has 0 heterocycles. The average molecular weight is 210 g/mol. The summed E-state index contributed by atoms with van der Waals surface area (Å²) in [6.07, 6.45) is 0.670. The Bertz CT molecular complexity index is 293. The zero-order valence-electron chi connectivity index (χ0n) is 9.79. The van der Waals surface area contributed by atoms with Crippen molar-refractivity contribution in [1.82, 2.24) is 0 Å². The molecule has 1 fully saturated rings. The maximum atomic E-state index is 11.7. The van der Waals surface area contributed by atoms with Gasteiger partial charge in [0.05, 0.1) is 0 Å². The Hall–Kier alpha value is -0.990. The Labute approximate surface area is 90.2 Å². The minimum Gasteiger partial charge on any atom is -0.298 e. The van der Waals surface area contributed by atoms with Gasteiger partial charge in [0.25, 0.3) is 0 Å². The molecular formula is C12H18O3. The van der Waals surface area contributed by atoms with Crippen molar-refractivity contribution in [3.8, 4) is 0 Å². The highest BCUT2D eigenvalue weighted by Crippen LogP contribution is 2.34. The number of hydrogen-bond donors (Lipinski definition) is 0. The zero-order chi connectivity index (χ0) is 11.8. The lowest BCUT2D eigenvalue weighted by Gasteiger charge is -2.31. The summed E-state index contributed by atoms with van der Waals surface area (Å²) >= 11 is 0. The molecule has 3 heteroatoms. The summed E-state index contributed by atoms with van der Waals surface area (Å²) < 4.78 is 0. The minimum atomic E-state index is -0.974. The smallest absolute Gasteiger partial charge is 0.153 e. The lowest BCUT2D eigenvalue weighted by Crippen LogP contribution is -2.43. The van der Waals surface area contributed by atoms with Crippen LogP contribution in [0.15, 0.2) is 0 Å². The normalized spacial score (nSPS) is 22.2. The number of hydrogen-bond acceptors (Lipinski definition) is 3. The van der Waals surface area contributed by atoms with Crippen molar-refractivity contribution in [2.45, 2.75) is 40.5 Å². The van der Waals surface area contributed by atoms with Crippen LogP contribution in [0.3, 0.4) is 0 Å². The SMILES string of the molecule is CC(C)C(=O)C1C(=O)CC(C)(C)CC1=O. The monoisotopic (exact) mass is 210 g/mol. The van der Waals surface area contributed by atoms with Crippen LogP contribution in [0.2, 0.25) is 0 Å². The van der Waals surface area contributed by atoms with E-state index in [4.69, 9.17) is 0 Å². The van der Waals surface area contributed by atoms with Crippen LogP contribution in [-0.2, 0) is 14.4 Å². The molecule has 1 aliphatic rings. The summed E-state index contributed by atoms with van der Waals surface area (Å²) in [7, 11) is 0. The van der Waals surface area contributed by atoms with Crippen molar-refractivity contribution in [2.75, 3.05) is 0 Å². The van der Waals surface area contributed by atoms with E-state index in [1.807, 2.05) is 13.8 Å². The highest BCUT2D eigenvalue weighted by Gasteiger charge is 2.43. The molecule has 0 N–H and O–H groups in total. The van der Waals surface area contributed by atoms with Crippen LogP contribution in [0.4, 0.5) is 0 Å². The number of carbonyl (C=O) groups excluding carboxylic acids is 3. The molecule has 15 heavy (non-hydrogen) atoms. The van der Waals surface area contributed by atoms with Crippen LogP contribution in [-0.4, -0.2) is 17.3 Å². The Morgan fingerprint density at radius 1 is 1.20 bits per heavy atom. The van der Waals surface area contributed by atoms with Gasteiger partial charge >= 0.3 is 0 Å². The van der Waals surface area contributed by atoms with E-state index in [9.17, 15) is 14.4 Å². The first-order valence-electron chi connectivity index (χ1n) is 5.34. The van der Waals surface area contributed by atoms with E-state index in [1.165, 1.54) is 0 Å². The van der Waals surface area contributed by atoms with E-state index in [2.05, 4.69) is 0 Å². The predicted molar refractivity (Wildman–Crippen MR) is 56.4 cm³/mol. The van der Waals surface area contributed by atoms with Crippen LogP contribution in [0, 0.1) is 17.3 Å². The summed E-state index contributed by atoms with van der Waals surface area (Å²) in [5, 5.41) is 0. The first-order chi connectivity index (χ1) is 6.74. The van der Waals surface area contributed by atoms with Crippen LogP contribution in [0.5, 0.6) is 0 Å². The molecule has 0 atom stereocenters. The Balaban J connectivity index is 2.89. The van der Waals surface area contributed by atoms with Gasteiger partial charge in [0.2, 0.25) is 0 Å². The van der Waals surface area contributed by atoms with Crippen molar-refractivity contribution in [3.63, 3.8) is 0 Å². The second-order valence-electron chi connectivity index (χ2n) is 5.44. The second kappa shape index (κ2) is 3.87. The van der Waals surface area contributed by atoms with Crippen molar-refractivity contribution in [3.05, 3.63) is 0 Å². The standard InChI is InChI=1S/C12H18O3/c1-7(2)11(15)10-8(13)5-12(3,4)6-9(10)14/h7,10H,5-6H2,1-4H3. The molecule has 0 aromatic rings. The molecule has 0 aromatic carbocycles. The van der Waals surface area contributed by atoms with Gasteiger partial charge in [-0.05, 0) is 5.41 Å². The average Bonchev–Trinajstić information content (AvgIpc) is 1.99. The molecule has 3 nitrogen and oxygen atoms in total. The third-order valence-corrected chi connectivity index (χ3v) is 2.80. The van der Waals surface area contributed by atoms with Gasteiger partial charge in [0.1, 0.15) is 5.92 Å². The quantitative estimate of drug-likeness (QED) is 0.653. The highest BCUT2D eigenvalue weighted by molar-refractivity contribution is 6.21. The fourth-order valence-corrected chi connectivity index (χ4v) is 2.04. The van der Waals surface area contributed by atoms with E-state index < -0.39 is 5.92 Å². The Morgan fingerprint density at radius 2 is 1.60 bits per heavy atom. The molecule has 0 amide bonds. The largest absolute Gasteiger partial charge is 0.298 e. The van der Waals surface area contributed by atoms with Crippen LogP contribution >= 0.6 is 0 Å². The van der Waals surface area contributed by atoms with E-state index in [0.717, 1.165) is 0 Å². The Kier molecular flexibility index (Phi) is 3.12. The number of Topliss-reactive ketones (excluding diaryl/α,β-unsaturated/α-hetero) is 3. The summed E-state index contributed by atoms with van der Waals surface area (Å²) in [5.41, 5.74) is -0.276. The van der Waals surface area contributed by atoms with Crippen molar-refractivity contribution >= 4 is 17.3 Å². The van der Waals surface area contributed by atoms with E-state index in [0.29, 0.717) is 12.8 Å². The van der Waals surface area contributed by atoms with Gasteiger partial charge in [-0.1, -0.05) is 27.7 Å². The van der Waals surface area contributed by atoms with Gasteiger partial charge in [-0.15, -0.1) is 0 Å². The summed E-state index contributed by atoms with van der Waals surface area (Å²) in [6.45, 7) is 7.23. The van der Waals surface area contributed by atoms with E-state index in [-0.39, 0.29) is 28.7 Å². The fraction of sp³-hybridized carbons (Fsp3) is 0.750. The highest BCUT2D eigenvalue weighted by atomic mass is 16.2. The molecule has 1 saturated carbocycles.